The van der Waals surface area contributed by atoms with Crippen molar-refractivity contribution in [2.24, 2.45) is 0 Å². The quantitative estimate of drug-likeness (QED) is 0.280. The van der Waals surface area contributed by atoms with Crippen LogP contribution in [0, 0.1) is 6.92 Å². The fourth-order valence-electron chi connectivity index (χ4n) is 3.49. The number of fused-ring (bicyclic) bond motifs is 7. The van der Waals surface area contributed by atoms with E-state index in [4.69, 9.17) is 0 Å². The average molecular weight is 298 g/mol. The van der Waals surface area contributed by atoms with E-state index in [0.717, 1.165) is 0 Å². The monoisotopic (exact) mass is 298 g/mol. The van der Waals surface area contributed by atoms with Gasteiger partial charge < -0.3 is 0 Å². The predicted molar refractivity (Wildman–Crippen MR) is 99.1 cm³/mol. The second-order valence-electron chi connectivity index (χ2n) is 5.93. The summed E-state index contributed by atoms with van der Waals surface area (Å²) in [5.41, 5.74) is 1.31. The minimum atomic E-state index is 1.31. The van der Waals surface area contributed by atoms with Gasteiger partial charge in [0.2, 0.25) is 0 Å². The summed E-state index contributed by atoms with van der Waals surface area (Å²) in [4.78, 5) is 0. The molecular weight excluding hydrogens is 284 g/mol. The minimum Gasteiger partial charge on any atom is -0.135 e. The maximum Gasteiger partial charge on any atom is 0.0362 e. The normalized spacial score (nSPS) is 11.9. The van der Waals surface area contributed by atoms with Gasteiger partial charge in [0.1, 0.15) is 0 Å². The van der Waals surface area contributed by atoms with Gasteiger partial charge in [0.05, 0.1) is 0 Å². The van der Waals surface area contributed by atoms with Gasteiger partial charge in [-0.1, -0.05) is 60.2 Å². The van der Waals surface area contributed by atoms with Crippen molar-refractivity contribution < 1.29 is 0 Å². The van der Waals surface area contributed by atoms with Gasteiger partial charge in [-0.25, -0.2) is 0 Å². The third-order valence-electron chi connectivity index (χ3n) is 4.49. The van der Waals surface area contributed by atoms with Gasteiger partial charge in [-0.05, 0) is 40.6 Å². The SMILES string of the molecule is Cc1ccc2c(ccc3ccc4sc5ccccc5c4c32)c1. The molecule has 5 rings (SSSR count). The number of hydrogen-bond donors (Lipinski definition) is 0. The van der Waals surface area contributed by atoms with E-state index in [9.17, 15) is 0 Å². The zero-order chi connectivity index (χ0) is 14.7. The van der Waals surface area contributed by atoms with Gasteiger partial charge in [0, 0.05) is 20.2 Å². The van der Waals surface area contributed by atoms with Gasteiger partial charge >= 0.3 is 0 Å². The highest BCUT2D eigenvalue weighted by Gasteiger charge is 2.10. The lowest BCUT2D eigenvalue weighted by molar-refractivity contribution is 1.51. The van der Waals surface area contributed by atoms with Crippen LogP contribution < -0.4 is 0 Å². The first-order valence-corrected chi connectivity index (χ1v) is 8.36. The van der Waals surface area contributed by atoms with Crippen molar-refractivity contribution in [3.63, 3.8) is 0 Å². The number of hydrogen-bond acceptors (Lipinski definition) is 1. The molecule has 0 bridgehead atoms. The number of aryl methyl sites for hydroxylation is 1. The molecule has 0 amide bonds. The van der Waals surface area contributed by atoms with E-state index < -0.39 is 0 Å². The molecule has 0 aliphatic heterocycles. The Balaban J connectivity index is 2.14. The Morgan fingerprint density at radius 1 is 0.636 bits per heavy atom. The molecular formula is C21H14S. The van der Waals surface area contributed by atoms with Crippen molar-refractivity contribution in [1.82, 2.24) is 0 Å². The van der Waals surface area contributed by atoms with E-state index in [0.29, 0.717) is 0 Å². The number of thiophene rings is 1. The van der Waals surface area contributed by atoms with Crippen molar-refractivity contribution in [2.45, 2.75) is 6.92 Å². The molecule has 5 aromatic rings. The van der Waals surface area contributed by atoms with Crippen molar-refractivity contribution in [1.29, 1.82) is 0 Å². The van der Waals surface area contributed by atoms with E-state index in [1.165, 1.54) is 47.3 Å². The summed E-state index contributed by atoms with van der Waals surface area (Å²) < 4.78 is 2.75. The van der Waals surface area contributed by atoms with Crippen LogP contribution in [0.2, 0.25) is 0 Å². The molecule has 0 spiro atoms. The maximum atomic E-state index is 2.28. The average Bonchev–Trinajstić information content (AvgIpc) is 2.92. The van der Waals surface area contributed by atoms with E-state index in [-0.39, 0.29) is 0 Å². The topological polar surface area (TPSA) is 0 Å². The number of rotatable bonds is 0. The molecule has 0 radical (unpaired) electrons. The Morgan fingerprint density at radius 3 is 2.41 bits per heavy atom. The molecule has 0 N–H and O–H groups in total. The highest BCUT2D eigenvalue weighted by Crippen LogP contribution is 2.40. The fourth-order valence-corrected chi connectivity index (χ4v) is 4.60. The molecule has 0 saturated heterocycles. The van der Waals surface area contributed by atoms with E-state index in [2.05, 4.69) is 73.7 Å². The lowest BCUT2D eigenvalue weighted by Crippen LogP contribution is -1.80. The van der Waals surface area contributed by atoms with Crippen LogP contribution in [0.15, 0.2) is 66.7 Å². The van der Waals surface area contributed by atoms with E-state index in [1.807, 2.05) is 11.3 Å². The van der Waals surface area contributed by atoms with Gasteiger partial charge in [-0.3, -0.25) is 0 Å². The Labute approximate surface area is 132 Å². The third-order valence-corrected chi connectivity index (χ3v) is 5.63. The third kappa shape index (κ3) is 1.57. The van der Waals surface area contributed by atoms with Crippen LogP contribution in [0.5, 0.6) is 0 Å². The highest BCUT2D eigenvalue weighted by molar-refractivity contribution is 7.26. The van der Waals surface area contributed by atoms with Crippen LogP contribution in [0.1, 0.15) is 5.56 Å². The smallest absolute Gasteiger partial charge is 0.0362 e. The first kappa shape index (κ1) is 12.2. The lowest BCUT2D eigenvalue weighted by atomic mass is 9.97. The summed E-state index contributed by atoms with van der Waals surface area (Å²) in [6.07, 6.45) is 0. The summed E-state index contributed by atoms with van der Waals surface area (Å²) in [6, 6.07) is 24.5. The molecule has 104 valence electrons. The molecule has 1 heteroatoms. The largest absolute Gasteiger partial charge is 0.135 e. The van der Waals surface area contributed by atoms with Crippen LogP contribution in [-0.4, -0.2) is 0 Å². The molecule has 0 nitrogen and oxygen atoms in total. The molecule has 0 fully saturated rings. The van der Waals surface area contributed by atoms with Gasteiger partial charge in [0.25, 0.3) is 0 Å². The van der Waals surface area contributed by atoms with Crippen LogP contribution in [-0.2, 0) is 0 Å². The first-order chi connectivity index (χ1) is 10.8. The molecule has 1 aromatic heterocycles. The molecule has 0 unspecified atom stereocenters. The minimum absolute atomic E-state index is 1.31. The van der Waals surface area contributed by atoms with Crippen LogP contribution in [0.3, 0.4) is 0 Å². The Bertz CT molecular complexity index is 1180. The molecule has 0 aliphatic rings. The fraction of sp³-hybridized carbons (Fsp3) is 0.0476. The van der Waals surface area contributed by atoms with Crippen molar-refractivity contribution >= 4 is 53.1 Å². The second kappa shape index (κ2) is 4.31. The summed E-state index contributed by atoms with van der Waals surface area (Å²) in [5.74, 6) is 0. The van der Waals surface area contributed by atoms with Crippen LogP contribution in [0.25, 0.3) is 41.7 Å². The lowest BCUT2D eigenvalue weighted by Gasteiger charge is -2.07. The summed E-state index contributed by atoms with van der Waals surface area (Å²) in [6.45, 7) is 2.16. The Kier molecular flexibility index (Phi) is 2.39. The summed E-state index contributed by atoms with van der Waals surface area (Å²) in [7, 11) is 0. The van der Waals surface area contributed by atoms with E-state index >= 15 is 0 Å². The van der Waals surface area contributed by atoms with Gasteiger partial charge in [-0.2, -0.15) is 0 Å². The van der Waals surface area contributed by atoms with Gasteiger partial charge in [0.15, 0.2) is 0 Å². The molecule has 4 aromatic carbocycles. The maximum absolute atomic E-state index is 2.28. The van der Waals surface area contributed by atoms with Gasteiger partial charge in [-0.15, -0.1) is 11.3 Å². The second-order valence-corrected chi connectivity index (χ2v) is 7.01. The van der Waals surface area contributed by atoms with Crippen LogP contribution in [0.4, 0.5) is 0 Å². The molecule has 0 saturated carbocycles. The summed E-state index contributed by atoms with van der Waals surface area (Å²) >= 11 is 1.89. The zero-order valence-electron chi connectivity index (χ0n) is 12.3. The molecule has 0 atom stereocenters. The predicted octanol–water partition coefficient (Wildman–Crippen LogP) is 6.67. The molecule has 22 heavy (non-hydrogen) atoms. The molecule has 1 heterocycles. The first-order valence-electron chi connectivity index (χ1n) is 7.54. The summed E-state index contributed by atoms with van der Waals surface area (Å²) in [5, 5.41) is 8.20. The Morgan fingerprint density at radius 2 is 1.45 bits per heavy atom. The zero-order valence-corrected chi connectivity index (χ0v) is 13.1. The number of benzene rings is 4. The standard InChI is InChI=1S/C21H14S/c1-13-6-10-16-15(12-13)8-7-14-9-11-19-21(20(14)16)17-4-2-3-5-18(17)22-19/h2-12H,1H3. The van der Waals surface area contributed by atoms with Crippen molar-refractivity contribution in [3.8, 4) is 0 Å². The molecule has 0 aliphatic carbocycles. The van der Waals surface area contributed by atoms with Crippen LogP contribution >= 0.6 is 11.3 Å². The highest BCUT2D eigenvalue weighted by atomic mass is 32.1. The van der Waals surface area contributed by atoms with E-state index in [1.54, 1.807) is 0 Å². The van der Waals surface area contributed by atoms with Crippen molar-refractivity contribution in [3.05, 3.63) is 72.3 Å². The Hall–Kier alpha value is -2.38. The van der Waals surface area contributed by atoms with Crippen molar-refractivity contribution in [2.75, 3.05) is 0 Å².